The van der Waals surface area contributed by atoms with Crippen LogP contribution < -0.4 is 10.6 Å². The average Bonchev–Trinajstić information content (AvgIpc) is 3.03. The molecule has 25 heavy (non-hydrogen) atoms. The molecule has 1 saturated heterocycles. The van der Waals surface area contributed by atoms with Crippen molar-refractivity contribution in [2.75, 3.05) is 31.1 Å². The molecule has 1 aliphatic rings. The van der Waals surface area contributed by atoms with E-state index in [1.807, 2.05) is 36.9 Å². The largest absolute Gasteiger partial charge is 0.423 e. The molecule has 3 rings (SSSR count). The first-order valence-corrected chi connectivity index (χ1v) is 8.66. The van der Waals surface area contributed by atoms with E-state index in [0.717, 1.165) is 23.1 Å². The number of aromatic nitrogens is 1. The van der Waals surface area contributed by atoms with Crippen LogP contribution in [0.3, 0.4) is 0 Å². The van der Waals surface area contributed by atoms with Gasteiger partial charge in [-0.25, -0.2) is 0 Å². The Morgan fingerprint density at radius 2 is 2.00 bits per heavy atom. The lowest BCUT2D eigenvalue weighted by Gasteiger charge is -2.35. The number of oxazole rings is 1. The van der Waals surface area contributed by atoms with Crippen molar-refractivity contribution in [2.24, 2.45) is 11.7 Å². The van der Waals surface area contributed by atoms with E-state index in [2.05, 4.69) is 16.8 Å². The number of hydrogen-bond acceptors (Lipinski definition) is 5. The summed E-state index contributed by atoms with van der Waals surface area (Å²) in [4.78, 5) is 21.0. The van der Waals surface area contributed by atoms with Crippen LogP contribution in [0.2, 0.25) is 0 Å². The van der Waals surface area contributed by atoms with Gasteiger partial charge in [0, 0.05) is 26.2 Å². The molecule has 0 aliphatic carbocycles. The zero-order chi connectivity index (χ0) is 17.3. The number of nitrogens with two attached hydrogens (primary N) is 1. The van der Waals surface area contributed by atoms with Gasteiger partial charge in [-0.1, -0.05) is 26.3 Å². The van der Waals surface area contributed by atoms with Crippen LogP contribution in [-0.2, 0) is 4.79 Å². The Bertz CT molecular complexity index is 725. The number of rotatable bonds is 4. The van der Waals surface area contributed by atoms with Crippen LogP contribution in [0.4, 0.5) is 6.01 Å². The maximum Gasteiger partial charge on any atom is 0.298 e. The topological polar surface area (TPSA) is 75.6 Å². The van der Waals surface area contributed by atoms with Gasteiger partial charge in [0.2, 0.25) is 5.91 Å². The minimum absolute atomic E-state index is 0. The van der Waals surface area contributed by atoms with Crippen LogP contribution in [0.5, 0.6) is 0 Å². The summed E-state index contributed by atoms with van der Waals surface area (Å²) < 4.78 is 5.85. The van der Waals surface area contributed by atoms with Crippen LogP contribution in [0.15, 0.2) is 22.6 Å². The third-order valence-electron chi connectivity index (χ3n) is 4.94. The highest BCUT2D eigenvalue weighted by Gasteiger charge is 2.29. The molecule has 7 heteroatoms. The smallest absolute Gasteiger partial charge is 0.298 e. The molecule has 2 unspecified atom stereocenters. The molecular weight excluding hydrogens is 340 g/mol. The van der Waals surface area contributed by atoms with Gasteiger partial charge in [0.05, 0.1) is 6.04 Å². The van der Waals surface area contributed by atoms with E-state index in [9.17, 15) is 4.79 Å². The summed E-state index contributed by atoms with van der Waals surface area (Å²) in [7, 11) is 0. The SMILES string of the molecule is CCC(C)C(N)C(=O)N1CCN(c2nc3cc(C)ccc3o2)CC1.Cl. The number of anilines is 1. The molecule has 0 bridgehead atoms. The normalized spacial score (nSPS) is 17.3. The number of hydrogen-bond donors (Lipinski definition) is 1. The van der Waals surface area contributed by atoms with Crippen LogP contribution in [0.25, 0.3) is 11.1 Å². The lowest BCUT2D eigenvalue weighted by atomic mass is 9.98. The Kier molecular flexibility index (Phi) is 6.30. The second kappa shape index (κ2) is 8.06. The first kappa shape index (κ1) is 19.5. The molecular formula is C18H27ClN4O2. The quantitative estimate of drug-likeness (QED) is 0.900. The van der Waals surface area contributed by atoms with E-state index in [4.69, 9.17) is 10.2 Å². The molecule has 6 nitrogen and oxygen atoms in total. The van der Waals surface area contributed by atoms with E-state index in [1.54, 1.807) is 0 Å². The van der Waals surface area contributed by atoms with Gasteiger partial charge in [0.1, 0.15) is 5.52 Å². The molecule has 0 radical (unpaired) electrons. The molecule has 2 heterocycles. The highest BCUT2D eigenvalue weighted by molar-refractivity contribution is 5.85. The highest BCUT2D eigenvalue weighted by Crippen LogP contribution is 2.24. The van der Waals surface area contributed by atoms with Crippen molar-refractivity contribution in [1.82, 2.24) is 9.88 Å². The Morgan fingerprint density at radius 3 is 2.64 bits per heavy atom. The standard InChI is InChI=1S/C18H26N4O2.ClH/c1-4-13(3)16(19)17(23)21-7-9-22(10-8-21)18-20-14-11-12(2)5-6-15(14)24-18;/h5-6,11,13,16H,4,7-10,19H2,1-3H3;1H. The van der Waals surface area contributed by atoms with Gasteiger partial charge in [-0.3, -0.25) is 4.79 Å². The molecule has 1 aliphatic heterocycles. The molecule has 1 fully saturated rings. The van der Waals surface area contributed by atoms with Gasteiger partial charge >= 0.3 is 0 Å². The van der Waals surface area contributed by atoms with Crippen LogP contribution in [-0.4, -0.2) is 48.0 Å². The number of piperazine rings is 1. The van der Waals surface area contributed by atoms with Gasteiger partial charge in [0.25, 0.3) is 6.01 Å². The summed E-state index contributed by atoms with van der Waals surface area (Å²) in [6.45, 7) is 8.86. The van der Waals surface area contributed by atoms with Crippen molar-refractivity contribution < 1.29 is 9.21 Å². The third-order valence-corrected chi connectivity index (χ3v) is 4.94. The van der Waals surface area contributed by atoms with Crippen molar-refractivity contribution in [3.05, 3.63) is 23.8 Å². The third kappa shape index (κ3) is 4.07. The average molecular weight is 367 g/mol. The van der Waals surface area contributed by atoms with Gasteiger partial charge in [0.15, 0.2) is 5.58 Å². The lowest BCUT2D eigenvalue weighted by molar-refractivity contribution is -0.134. The molecule has 1 amide bonds. The van der Waals surface area contributed by atoms with Crippen LogP contribution in [0.1, 0.15) is 25.8 Å². The second-order valence-electron chi connectivity index (χ2n) is 6.69. The van der Waals surface area contributed by atoms with Crippen LogP contribution >= 0.6 is 12.4 Å². The van der Waals surface area contributed by atoms with E-state index >= 15 is 0 Å². The summed E-state index contributed by atoms with van der Waals surface area (Å²) in [5, 5.41) is 0. The maximum absolute atomic E-state index is 12.5. The molecule has 138 valence electrons. The molecule has 1 aromatic carbocycles. The fourth-order valence-corrected chi connectivity index (χ4v) is 2.99. The zero-order valence-corrected chi connectivity index (χ0v) is 15.9. The number of aryl methyl sites for hydroxylation is 1. The van der Waals surface area contributed by atoms with Crippen molar-refractivity contribution >= 4 is 35.4 Å². The predicted molar refractivity (Wildman–Crippen MR) is 102 cm³/mol. The highest BCUT2D eigenvalue weighted by atomic mass is 35.5. The van der Waals surface area contributed by atoms with Crippen molar-refractivity contribution in [3.8, 4) is 0 Å². The number of nitrogens with zero attached hydrogens (tertiary/aromatic N) is 3. The van der Waals surface area contributed by atoms with Crippen molar-refractivity contribution in [1.29, 1.82) is 0 Å². The number of carbonyl (C=O) groups is 1. The van der Waals surface area contributed by atoms with Gasteiger partial charge < -0.3 is 20.0 Å². The molecule has 0 saturated carbocycles. The summed E-state index contributed by atoms with van der Waals surface area (Å²) >= 11 is 0. The monoisotopic (exact) mass is 366 g/mol. The Morgan fingerprint density at radius 1 is 1.32 bits per heavy atom. The fraction of sp³-hybridized carbons (Fsp3) is 0.556. The van der Waals surface area contributed by atoms with Gasteiger partial charge in [-0.15, -0.1) is 12.4 Å². The zero-order valence-electron chi connectivity index (χ0n) is 15.1. The maximum atomic E-state index is 12.5. The fourth-order valence-electron chi connectivity index (χ4n) is 2.99. The molecule has 2 N–H and O–H groups in total. The van der Waals surface area contributed by atoms with Gasteiger partial charge in [-0.2, -0.15) is 4.98 Å². The van der Waals surface area contributed by atoms with E-state index in [0.29, 0.717) is 32.2 Å². The van der Waals surface area contributed by atoms with Crippen LogP contribution in [0, 0.1) is 12.8 Å². The van der Waals surface area contributed by atoms with E-state index < -0.39 is 6.04 Å². The molecule has 0 spiro atoms. The minimum atomic E-state index is -0.408. The predicted octanol–water partition coefficient (Wildman–Crippen LogP) is 2.58. The van der Waals surface area contributed by atoms with Crippen molar-refractivity contribution in [2.45, 2.75) is 33.2 Å². The number of benzene rings is 1. The lowest BCUT2D eigenvalue weighted by Crippen LogP contribution is -2.54. The van der Waals surface area contributed by atoms with E-state index in [1.165, 1.54) is 0 Å². The van der Waals surface area contributed by atoms with Crippen molar-refractivity contribution in [3.63, 3.8) is 0 Å². The Labute approximate surface area is 154 Å². The first-order valence-electron chi connectivity index (χ1n) is 8.66. The minimum Gasteiger partial charge on any atom is -0.423 e. The molecule has 1 aromatic heterocycles. The Balaban J connectivity index is 0.00000225. The second-order valence-corrected chi connectivity index (χ2v) is 6.69. The number of amides is 1. The Hall–Kier alpha value is -1.79. The first-order chi connectivity index (χ1) is 11.5. The number of halogens is 1. The molecule has 2 aromatic rings. The summed E-state index contributed by atoms with van der Waals surface area (Å²) in [6.07, 6.45) is 0.912. The molecule has 2 atom stereocenters. The summed E-state index contributed by atoms with van der Waals surface area (Å²) in [5.41, 5.74) is 8.92. The van der Waals surface area contributed by atoms with E-state index in [-0.39, 0.29) is 24.2 Å². The summed E-state index contributed by atoms with van der Waals surface area (Å²) in [6, 6.07) is 6.21. The van der Waals surface area contributed by atoms with Gasteiger partial charge in [-0.05, 0) is 30.5 Å². The number of fused-ring (bicyclic) bond motifs is 1. The summed E-state index contributed by atoms with van der Waals surface area (Å²) in [5.74, 6) is 0.257. The number of carbonyl (C=O) groups excluding carboxylic acids is 1.